The summed E-state index contributed by atoms with van der Waals surface area (Å²) in [5, 5.41) is 13.2. The molecule has 0 saturated carbocycles. The van der Waals surface area contributed by atoms with Gasteiger partial charge in [0.05, 0.1) is 0 Å². The van der Waals surface area contributed by atoms with E-state index in [2.05, 4.69) is 17.6 Å². The summed E-state index contributed by atoms with van der Waals surface area (Å²) in [6.07, 6.45) is 4.69. The van der Waals surface area contributed by atoms with Gasteiger partial charge in [-0.3, -0.25) is 29.3 Å². The SMILES string of the molecule is CCCCCC(=O)O.NCCCC(=O)Nc1cccc2c1CN(C1CCC(=O)NC1=O)C2=O. The number of rotatable bonds is 9. The van der Waals surface area contributed by atoms with Crippen LogP contribution >= 0.6 is 0 Å². The number of carbonyl (C=O) groups excluding carboxylic acids is 4. The summed E-state index contributed by atoms with van der Waals surface area (Å²) < 4.78 is 0. The molecule has 0 bridgehead atoms. The molecule has 1 unspecified atom stereocenters. The van der Waals surface area contributed by atoms with Gasteiger partial charge in [0.15, 0.2) is 0 Å². The lowest BCUT2D eigenvalue weighted by Gasteiger charge is -2.29. The van der Waals surface area contributed by atoms with Crippen LogP contribution in [0.1, 0.15) is 74.2 Å². The first-order chi connectivity index (χ1) is 15.8. The number of imide groups is 1. The van der Waals surface area contributed by atoms with Gasteiger partial charge < -0.3 is 21.1 Å². The Morgan fingerprint density at radius 3 is 2.58 bits per heavy atom. The average molecular weight is 461 g/mol. The molecule has 0 aliphatic carbocycles. The highest BCUT2D eigenvalue weighted by Crippen LogP contribution is 2.32. The Bertz CT molecular complexity index is 901. The molecule has 4 amide bonds. The monoisotopic (exact) mass is 460 g/mol. The van der Waals surface area contributed by atoms with Gasteiger partial charge in [-0.25, -0.2) is 0 Å². The number of fused-ring (bicyclic) bond motifs is 1. The standard InChI is InChI=1S/C17H20N4O4.C6H12O2/c18-8-2-5-14(22)19-12-4-1-3-10-11(12)9-21(17(10)25)13-6-7-15(23)20-16(13)24;1-2-3-4-5-6(7)8/h1,3-4,13H,2,5-9,18H2,(H,19,22)(H,20,23,24);2-5H2,1H3,(H,7,8). The highest BCUT2D eigenvalue weighted by molar-refractivity contribution is 6.06. The lowest BCUT2D eigenvalue weighted by atomic mass is 10.0. The summed E-state index contributed by atoms with van der Waals surface area (Å²) in [6, 6.07) is 4.45. The third kappa shape index (κ3) is 7.38. The highest BCUT2D eigenvalue weighted by Gasteiger charge is 2.39. The molecule has 2 heterocycles. The van der Waals surface area contributed by atoms with Crippen LogP contribution < -0.4 is 16.4 Å². The fraction of sp³-hybridized carbons (Fsp3) is 0.522. The Kier molecular flexibility index (Phi) is 9.99. The molecule has 1 atom stereocenters. The second-order valence-electron chi connectivity index (χ2n) is 8.02. The fourth-order valence-electron chi connectivity index (χ4n) is 3.70. The Morgan fingerprint density at radius 1 is 1.18 bits per heavy atom. The van der Waals surface area contributed by atoms with Crippen LogP contribution in [-0.2, 0) is 25.7 Å². The van der Waals surface area contributed by atoms with E-state index < -0.39 is 17.9 Å². The number of nitrogens with two attached hydrogens (primary N) is 1. The van der Waals surface area contributed by atoms with Crippen LogP contribution in [0.3, 0.4) is 0 Å². The number of nitrogens with zero attached hydrogens (tertiary/aromatic N) is 1. The Morgan fingerprint density at radius 2 is 1.94 bits per heavy atom. The number of carbonyl (C=O) groups is 5. The first-order valence-corrected chi connectivity index (χ1v) is 11.3. The second kappa shape index (κ2) is 12.7. The van der Waals surface area contributed by atoms with Gasteiger partial charge in [0.25, 0.3) is 5.91 Å². The van der Waals surface area contributed by atoms with E-state index in [1.807, 2.05) is 0 Å². The summed E-state index contributed by atoms with van der Waals surface area (Å²) in [7, 11) is 0. The average Bonchev–Trinajstić information content (AvgIpc) is 3.10. The zero-order valence-electron chi connectivity index (χ0n) is 18.9. The van der Waals surface area contributed by atoms with Crippen molar-refractivity contribution in [2.24, 2.45) is 5.73 Å². The van der Waals surface area contributed by atoms with E-state index in [4.69, 9.17) is 10.8 Å². The number of piperidine rings is 1. The smallest absolute Gasteiger partial charge is 0.303 e. The van der Waals surface area contributed by atoms with Crippen molar-refractivity contribution in [1.82, 2.24) is 10.2 Å². The van der Waals surface area contributed by atoms with Crippen LogP contribution in [0.2, 0.25) is 0 Å². The molecule has 33 heavy (non-hydrogen) atoms. The Balaban J connectivity index is 0.000000414. The van der Waals surface area contributed by atoms with Gasteiger partial charge in [-0.1, -0.05) is 25.8 Å². The predicted molar refractivity (Wildman–Crippen MR) is 121 cm³/mol. The van der Waals surface area contributed by atoms with Gasteiger partial charge >= 0.3 is 5.97 Å². The number of aliphatic carboxylic acids is 1. The van der Waals surface area contributed by atoms with Gasteiger partial charge in [-0.2, -0.15) is 0 Å². The molecule has 10 nitrogen and oxygen atoms in total. The third-order valence-electron chi connectivity index (χ3n) is 5.46. The van der Waals surface area contributed by atoms with Gasteiger partial charge in [-0.05, 0) is 37.9 Å². The lowest BCUT2D eigenvalue weighted by molar-refractivity contribution is -0.138. The zero-order chi connectivity index (χ0) is 24.4. The molecule has 5 N–H and O–H groups in total. The summed E-state index contributed by atoms with van der Waals surface area (Å²) in [4.78, 5) is 59.3. The predicted octanol–water partition coefficient (Wildman–Crippen LogP) is 1.78. The first kappa shape index (κ1) is 26.0. The third-order valence-corrected chi connectivity index (χ3v) is 5.46. The van der Waals surface area contributed by atoms with Crippen molar-refractivity contribution in [1.29, 1.82) is 0 Å². The molecule has 3 rings (SSSR count). The number of carboxylic acid groups (broad SMARTS) is 1. The van der Waals surface area contributed by atoms with Crippen LogP contribution in [-0.4, -0.2) is 52.2 Å². The number of amides is 4. The van der Waals surface area contributed by atoms with Crippen molar-refractivity contribution in [2.45, 2.75) is 70.9 Å². The van der Waals surface area contributed by atoms with E-state index in [9.17, 15) is 24.0 Å². The minimum Gasteiger partial charge on any atom is -0.481 e. The lowest BCUT2D eigenvalue weighted by Crippen LogP contribution is -2.52. The molecule has 2 aliphatic heterocycles. The number of anilines is 1. The van der Waals surface area contributed by atoms with Gasteiger partial charge in [0.2, 0.25) is 17.7 Å². The molecule has 1 aromatic rings. The minimum absolute atomic E-state index is 0.161. The summed E-state index contributed by atoms with van der Waals surface area (Å²) in [5.74, 6) is -1.88. The molecule has 1 fully saturated rings. The molecular formula is C23H32N4O6. The van der Waals surface area contributed by atoms with Gasteiger partial charge in [-0.15, -0.1) is 0 Å². The molecule has 0 aromatic heterocycles. The largest absolute Gasteiger partial charge is 0.481 e. The maximum atomic E-state index is 12.7. The molecule has 0 spiro atoms. The zero-order valence-corrected chi connectivity index (χ0v) is 18.9. The van der Waals surface area contributed by atoms with E-state index >= 15 is 0 Å². The van der Waals surface area contributed by atoms with E-state index in [0.29, 0.717) is 49.0 Å². The van der Waals surface area contributed by atoms with Gasteiger partial charge in [0, 0.05) is 42.6 Å². The molecule has 1 saturated heterocycles. The minimum atomic E-state index is -0.682. The van der Waals surface area contributed by atoms with Crippen molar-refractivity contribution in [3.8, 4) is 0 Å². The van der Waals surface area contributed by atoms with Crippen molar-refractivity contribution in [2.75, 3.05) is 11.9 Å². The molecule has 10 heteroatoms. The number of carboxylic acids is 1. The number of benzene rings is 1. The Hall–Kier alpha value is -3.27. The van der Waals surface area contributed by atoms with Crippen LogP contribution in [0.25, 0.3) is 0 Å². The van der Waals surface area contributed by atoms with Crippen LogP contribution in [0.5, 0.6) is 0 Å². The fourth-order valence-corrected chi connectivity index (χ4v) is 3.70. The van der Waals surface area contributed by atoms with Gasteiger partial charge in [0.1, 0.15) is 6.04 Å². The van der Waals surface area contributed by atoms with Crippen molar-refractivity contribution >= 4 is 35.3 Å². The van der Waals surface area contributed by atoms with Crippen molar-refractivity contribution < 1.29 is 29.1 Å². The molecule has 1 aromatic carbocycles. The van der Waals surface area contributed by atoms with Crippen molar-refractivity contribution in [3.63, 3.8) is 0 Å². The number of hydrogen-bond acceptors (Lipinski definition) is 6. The Labute approximate surface area is 192 Å². The number of nitrogens with one attached hydrogen (secondary N) is 2. The number of unbranched alkanes of at least 4 members (excludes halogenated alkanes) is 2. The molecule has 0 radical (unpaired) electrons. The summed E-state index contributed by atoms with van der Waals surface area (Å²) in [6.45, 7) is 2.72. The summed E-state index contributed by atoms with van der Waals surface area (Å²) in [5.41, 5.74) is 7.15. The van der Waals surface area contributed by atoms with E-state index in [1.165, 1.54) is 4.90 Å². The molecule has 180 valence electrons. The normalized spacial score (nSPS) is 17.1. The van der Waals surface area contributed by atoms with Crippen LogP contribution in [0.15, 0.2) is 18.2 Å². The van der Waals surface area contributed by atoms with Crippen LogP contribution in [0.4, 0.5) is 5.69 Å². The quantitative estimate of drug-likeness (QED) is 0.323. The maximum Gasteiger partial charge on any atom is 0.303 e. The van der Waals surface area contributed by atoms with E-state index in [-0.39, 0.29) is 30.7 Å². The second-order valence-corrected chi connectivity index (χ2v) is 8.02. The van der Waals surface area contributed by atoms with Crippen molar-refractivity contribution in [3.05, 3.63) is 29.3 Å². The topological polar surface area (TPSA) is 159 Å². The van der Waals surface area contributed by atoms with Crippen LogP contribution in [0, 0.1) is 0 Å². The van der Waals surface area contributed by atoms with E-state index in [0.717, 1.165) is 19.3 Å². The molecular weight excluding hydrogens is 428 g/mol. The highest BCUT2D eigenvalue weighted by atomic mass is 16.4. The maximum absolute atomic E-state index is 12.7. The summed E-state index contributed by atoms with van der Waals surface area (Å²) >= 11 is 0. The van der Waals surface area contributed by atoms with E-state index in [1.54, 1.807) is 18.2 Å². The first-order valence-electron chi connectivity index (χ1n) is 11.3. The number of hydrogen-bond donors (Lipinski definition) is 4. The molecule has 2 aliphatic rings.